The summed E-state index contributed by atoms with van der Waals surface area (Å²) in [4.78, 5) is 21.9. The molecule has 0 amide bonds. The molecule has 0 aliphatic carbocycles. The Labute approximate surface area is 104 Å². The van der Waals surface area contributed by atoms with Gasteiger partial charge < -0.3 is 9.84 Å². The van der Waals surface area contributed by atoms with Crippen LogP contribution < -0.4 is 0 Å². The van der Waals surface area contributed by atoms with Crippen molar-refractivity contribution >= 4 is 23.5 Å². The number of esters is 1. The van der Waals surface area contributed by atoms with Crippen molar-refractivity contribution in [3.05, 3.63) is 34.3 Å². The molecule has 17 heavy (non-hydrogen) atoms. The van der Waals surface area contributed by atoms with Crippen molar-refractivity contribution < 1.29 is 19.4 Å². The van der Waals surface area contributed by atoms with Gasteiger partial charge in [0, 0.05) is 6.42 Å². The molecular weight excluding hydrogens is 244 g/mol. The molecule has 0 heterocycles. The predicted molar refractivity (Wildman–Crippen MR) is 63.4 cm³/mol. The van der Waals surface area contributed by atoms with E-state index in [0.29, 0.717) is 12.0 Å². The molecule has 1 rings (SSSR count). The minimum absolute atomic E-state index is 0.0368. The minimum atomic E-state index is -0.865. The fourth-order valence-corrected chi connectivity index (χ4v) is 1.62. The molecule has 1 aromatic rings. The standard InChI is InChI=1S/C12H13ClO4/c1-2-17-12(16)9-5-3-8(7-10(9)13)4-6-11(14)15/h3,5,7H,2,4,6H2,1H3,(H,14,15). The highest BCUT2D eigenvalue weighted by Gasteiger charge is 2.11. The number of hydrogen-bond donors (Lipinski definition) is 1. The molecule has 1 aromatic carbocycles. The molecule has 0 radical (unpaired) electrons. The van der Waals surface area contributed by atoms with Gasteiger partial charge in [-0.2, -0.15) is 0 Å². The Morgan fingerprint density at radius 2 is 2.12 bits per heavy atom. The Balaban J connectivity index is 2.79. The second-order valence-corrected chi connectivity index (χ2v) is 3.84. The minimum Gasteiger partial charge on any atom is -0.481 e. The zero-order valence-corrected chi connectivity index (χ0v) is 10.2. The third-order valence-corrected chi connectivity index (χ3v) is 2.47. The van der Waals surface area contributed by atoms with Crippen molar-refractivity contribution in [1.29, 1.82) is 0 Å². The van der Waals surface area contributed by atoms with Crippen LogP contribution in [0, 0.1) is 0 Å². The fraction of sp³-hybridized carbons (Fsp3) is 0.333. The number of aryl methyl sites for hydroxylation is 1. The van der Waals surface area contributed by atoms with E-state index < -0.39 is 11.9 Å². The summed E-state index contributed by atoms with van der Waals surface area (Å²) in [6.07, 6.45) is 0.424. The molecule has 0 aliphatic rings. The number of hydrogen-bond acceptors (Lipinski definition) is 3. The van der Waals surface area contributed by atoms with Crippen LogP contribution in [-0.4, -0.2) is 23.7 Å². The average molecular weight is 257 g/mol. The number of carbonyl (C=O) groups excluding carboxylic acids is 1. The van der Waals surface area contributed by atoms with Gasteiger partial charge in [0.05, 0.1) is 17.2 Å². The molecule has 0 saturated carbocycles. The van der Waals surface area contributed by atoms with E-state index in [1.54, 1.807) is 25.1 Å². The average Bonchev–Trinajstić information content (AvgIpc) is 2.26. The lowest BCUT2D eigenvalue weighted by atomic mass is 10.1. The first kappa shape index (κ1) is 13.5. The number of benzene rings is 1. The molecule has 4 nitrogen and oxygen atoms in total. The third-order valence-electron chi connectivity index (χ3n) is 2.16. The first-order valence-corrected chi connectivity index (χ1v) is 5.59. The highest BCUT2D eigenvalue weighted by atomic mass is 35.5. The van der Waals surface area contributed by atoms with Gasteiger partial charge in [-0.3, -0.25) is 4.79 Å². The second-order valence-electron chi connectivity index (χ2n) is 3.43. The monoisotopic (exact) mass is 256 g/mol. The molecule has 92 valence electrons. The number of carboxylic acids is 1. The van der Waals surface area contributed by atoms with Crippen LogP contribution in [0.3, 0.4) is 0 Å². The number of carbonyl (C=O) groups is 2. The summed E-state index contributed by atoms with van der Waals surface area (Å²) < 4.78 is 4.83. The number of carboxylic acid groups (broad SMARTS) is 1. The molecule has 5 heteroatoms. The summed E-state index contributed by atoms with van der Waals surface area (Å²) in [6, 6.07) is 4.83. The zero-order chi connectivity index (χ0) is 12.8. The molecule has 1 N–H and O–H groups in total. The summed E-state index contributed by atoms with van der Waals surface area (Å²) in [5.74, 6) is -1.34. The van der Waals surface area contributed by atoms with E-state index in [2.05, 4.69) is 0 Å². The van der Waals surface area contributed by atoms with Crippen LogP contribution in [0.2, 0.25) is 5.02 Å². The molecule has 0 spiro atoms. The topological polar surface area (TPSA) is 63.6 Å². The van der Waals surface area contributed by atoms with Crippen molar-refractivity contribution in [1.82, 2.24) is 0 Å². The first-order valence-electron chi connectivity index (χ1n) is 5.22. The lowest BCUT2D eigenvalue weighted by molar-refractivity contribution is -0.136. The quantitative estimate of drug-likeness (QED) is 0.823. The lowest BCUT2D eigenvalue weighted by Gasteiger charge is -2.06. The third kappa shape index (κ3) is 4.07. The molecule has 0 aliphatic heterocycles. The number of ether oxygens (including phenoxy) is 1. The molecule has 0 atom stereocenters. The van der Waals surface area contributed by atoms with Crippen LogP contribution in [0.1, 0.15) is 29.3 Å². The van der Waals surface area contributed by atoms with Crippen LogP contribution >= 0.6 is 11.6 Å². The van der Waals surface area contributed by atoms with Gasteiger partial charge in [0.25, 0.3) is 0 Å². The van der Waals surface area contributed by atoms with Crippen molar-refractivity contribution in [2.45, 2.75) is 19.8 Å². The Bertz CT molecular complexity index is 429. The van der Waals surface area contributed by atoms with E-state index >= 15 is 0 Å². The first-order chi connectivity index (χ1) is 8.04. The maximum atomic E-state index is 11.4. The van der Waals surface area contributed by atoms with Crippen molar-refractivity contribution in [3.63, 3.8) is 0 Å². The summed E-state index contributed by atoms with van der Waals surface area (Å²) in [7, 11) is 0. The highest BCUT2D eigenvalue weighted by Crippen LogP contribution is 2.19. The van der Waals surface area contributed by atoms with Crippen LogP contribution in [0.5, 0.6) is 0 Å². The Morgan fingerprint density at radius 3 is 2.65 bits per heavy atom. The van der Waals surface area contributed by atoms with E-state index in [4.69, 9.17) is 21.4 Å². The molecule has 0 fully saturated rings. The number of halogens is 1. The number of rotatable bonds is 5. The Hall–Kier alpha value is -1.55. The van der Waals surface area contributed by atoms with E-state index in [0.717, 1.165) is 5.56 Å². The van der Waals surface area contributed by atoms with Crippen molar-refractivity contribution in [2.75, 3.05) is 6.61 Å². The maximum Gasteiger partial charge on any atom is 0.339 e. The molecular formula is C12H13ClO4. The molecule has 0 saturated heterocycles. The SMILES string of the molecule is CCOC(=O)c1ccc(CCC(=O)O)cc1Cl. The maximum absolute atomic E-state index is 11.4. The van der Waals surface area contributed by atoms with E-state index in [9.17, 15) is 9.59 Å². The van der Waals surface area contributed by atoms with Crippen molar-refractivity contribution in [2.24, 2.45) is 0 Å². The van der Waals surface area contributed by atoms with Gasteiger partial charge in [-0.1, -0.05) is 17.7 Å². The highest BCUT2D eigenvalue weighted by molar-refractivity contribution is 6.33. The zero-order valence-electron chi connectivity index (χ0n) is 9.40. The van der Waals surface area contributed by atoms with Crippen LogP contribution in [0.25, 0.3) is 0 Å². The van der Waals surface area contributed by atoms with E-state index in [-0.39, 0.29) is 18.1 Å². The smallest absolute Gasteiger partial charge is 0.339 e. The number of aliphatic carboxylic acids is 1. The second kappa shape index (κ2) is 6.25. The molecule has 0 aromatic heterocycles. The van der Waals surface area contributed by atoms with Gasteiger partial charge in [0.15, 0.2) is 0 Å². The normalized spacial score (nSPS) is 10.0. The van der Waals surface area contributed by atoms with Gasteiger partial charge in [-0.25, -0.2) is 4.79 Å². The van der Waals surface area contributed by atoms with Crippen LogP contribution in [0.4, 0.5) is 0 Å². The van der Waals surface area contributed by atoms with Gasteiger partial charge in [0.2, 0.25) is 0 Å². The van der Waals surface area contributed by atoms with Crippen LogP contribution in [0.15, 0.2) is 18.2 Å². The van der Waals surface area contributed by atoms with Crippen LogP contribution in [-0.2, 0) is 16.0 Å². The van der Waals surface area contributed by atoms with Gasteiger partial charge in [-0.05, 0) is 31.0 Å². The summed E-state index contributed by atoms with van der Waals surface area (Å²) in [6.45, 7) is 2.00. The van der Waals surface area contributed by atoms with Crippen molar-refractivity contribution in [3.8, 4) is 0 Å². The van der Waals surface area contributed by atoms with Gasteiger partial charge in [-0.15, -0.1) is 0 Å². The predicted octanol–water partition coefficient (Wildman–Crippen LogP) is 2.53. The largest absolute Gasteiger partial charge is 0.481 e. The van der Waals surface area contributed by atoms with E-state index in [1.165, 1.54) is 0 Å². The summed E-state index contributed by atoms with van der Waals surface area (Å²) in [5, 5.41) is 8.83. The molecule has 0 unspecified atom stereocenters. The Kier molecular flexibility index (Phi) is 4.97. The summed E-state index contributed by atoms with van der Waals surface area (Å²) >= 11 is 5.93. The Morgan fingerprint density at radius 1 is 1.41 bits per heavy atom. The fourth-order valence-electron chi connectivity index (χ4n) is 1.34. The molecule has 0 bridgehead atoms. The van der Waals surface area contributed by atoms with E-state index in [1.807, 2.05) is 0 Å². The lowest BCUT2D eigenvalue weighted by Crippen LogP contribution is -2.06. The van der Waals surface area contributed by atoms with Gasteiger partial charge in [0.1, 0.15) is 0 Å². The van der Waals surface area contributed by atoms with Gasteiger partial charge >= 0.3 is 11.9 Å². The summed E-state index contributed by atoms with van der Waals surface area (Å²) in [5.41, 5.74) is 1.08.